The van der Waals surface area contributed by atoms with Crippen LogP contribution in [0.1, 0.15) is 12.5 Å². The maximum Gasteiger partial charge on any atom is 0.238 e. The van der Waals surface area contributed by atoms with E-state index in [2.05, 4.69) is 10.6 Å². The second-order valence-corrected chi connectivity index (χ2v) is 5.08. The van der Waals surface area contributed by atoms with Crippen LogP contribution in [0.2, 0.25) is 5.02 Å². The first-order valence-corrected chi connectivity index (χ1v) is 7.54. The molecule has 22 heavy (non-hydrogen) atoms. The molecule has 2 rings (SSSR count). The molecule has 0 radical (unpaired) electrons. The van der Waals surface area contributed by atoms with Gasteiger partial charge in [-0.1, -0.05) is 41.9 Å². The normalized spacial score (nSPS) is 10.3. The molecule has 116 valence electrons. The van der Waals surface area contributed by atoms with Crippen molar-refractivity contribution in [1.82, 2.24) is 5.32 Å². The third kappa shape index (κ3) is 4.76. The van der Waals surface area contributed by atoms with E-state index in [1.807, 2.05) is 55.5 Å². The molecular weight excluding hydrogens is 300 g/mol. The summed E-state index contributed by atoms with van der Waals surface area (Å²) < 4.78 is 5.47. The standard InChI is InChI=1S/C17H19ClN2O2/c1-2-22-16-10-6-5-9-15(16)20-17(21)12-19-11-13-7-3-4-8-14(13)18/h3-10,19H,2,11-12H2,1H3,(H,20,21). The number of para-hydroxylation sites is 2. The van der Waals surface area contributed by atoms with Crippen molar-refractivity contribution in [2.24, 2.45) is 0 Å². The largest absolute Gasteiger partial charge is 0.492 e. The third-order valence-electron chi connectivity index (χ3n) is 3.02. The summed E-state index contributed by atoms with van der Waals surface area (Å²) in [5, 5.41) is 6.61. The minimum atomic E-state index is -0.126. The average molecular weight is 319 g/mol. The van der Waals surface area contributed by atoms with Gasteiger partial charge in [0.15, 0.2) is 0 Å². The summed E-state index contributed by atoms with van der Waals surface area (Å²) in [6, 6.07) is 14.9. The van der Waals surface area contributed by atoms with Crippen LogP contribution in [-0.4, -0.2) is 19.1 Å². The van der Waals surface area contributed by atoms with Crippen molar-refractivity contribution in [3.63, 3.8) is 0 Å². The number of hydrogen-bond acceptors (Lipinski definition) is 3. The summed E-state index contributed by atoms with van der Waals surface area (Å²) >= 11 is 6.07. The summed E-state index contributed by atoms with van der Waals surface area (Å²) in [7, 11) is 0. The molecule has 0 bridgehead atoms. The van der Waals surface area contributed by atoms with Gasteiger partial charge in [-0.15, -0.1) is 0 Å². The lowest BCUT2D eigenvalue weighted by Gasteiger charge is -2.11. The Kier molecular flexibility index (Phi) is 6.25. The van der Waals surface area contributed by atoms with Gasteiger partial charge in [0.1, 0.15) is 5.75 Å². The van der Waals surface area contributed by atoms with E-state index in [4.69, 9.17) is 16.3 Å². The highest BCUT2D eigenvalue weighted by Gasteiger charge is 2.07. The highest BCUT2D eigenvalue weighted by Crippen LogP contribution is 2.23. The SMILES string of the molecule is CCOc1ccccc1NC(=O)CNCc1ccccc1Cl. The molecule has 0 atom stereocenters. The lowest BCUT2D eigenvalue weighted by atomic mass is 10.2. The van der Waals surface area contributed by atoms with Gasteiger partial charge in [0.25, 0.3) is 0 Å². The number of anilines is 1. The molecule has 1 amide bonds. The van der Waals surface area contributed by atoms with E-state index < -0.39 is 0 Å². The highest BCUT2D eigenvalue weighted by atomic mass is 35.5. The summed E-state index contributed by atoms with van der Waals surface area (Å²) in [4.78, 5) is 12.0. The maximum atomic E-state index is 12.0. The van der Waals surface area contributed by atoms with Crippen molar-refractivity contribution in [3.05, 3.63) is 59.1 Å². The molecule has 0 saturated carbocycles. The van der Waals surface area contributed by atoms with Crippen LogP contribution in [0, 0.1) is 0 Å². The van der Waals surface area contributed by atoms with Crippen molar-refractivity contribution in [3.8, 4) is 5.75 Å². The quantitative estimate of drug-likeness (QED) is 0.822. The fraction of sp³-hybridized carbons (Fsp3) is 0.235. The van der Waals surface area contributed by atoms with Gasteiger partial charge in [0, 0.05) is 11.6 Å². The van der Waals surface area contributed by atoms with Crippen LogP contribution in [0.15, 0.2) is 48.5 Å². The minimum Gasteiger partial charge on any atom is -0.492 e. The fourth-order valence-corrected chi connectivity index (χ4v) is 2.20. The molecule has 2 N–H and O–H groups in total. The van der Waals surface area contributed by atoms with Crippen molar-refractivity contribution in [1.29, 1.82) is 0 Å². The second-order valence-electron chi connectivity index (χ2n) is 4.67. The fourth-order valence-electron chi connectivity index (χ4n) is 2.00. The van der Waals surface area contributed by atoms with E-state index in [0.29, 0.717) is 29.6 Å². The van der Waals surface area contributed by atoms with E-state index in [1.54, 1.807) is 0 Å². The van der Waals surface area contributed by atoms with Crippen molar-refractivity contribution in [2.75, 3.05) is 18.5 Å². The number of nitrogens with one attached hydrogen (secondary N) is 2. The molecule has 0 spiro atoms. The molecule has 0 aliphatic rings. The zero-order chi connectivity index (χ0) is 15.8. The number of carbonyl (C=O) groups excluding carboxylic acids is 1. The number of ether oxygens (including phenoxy) is 1. The zero-order valence-electron chi connectivity index (χ0n) is 12.4. The van der Waals surface area contributed by atoms with E-state index in [-0.39, 0.29) is 12.5 Å². The van der Waals surface area contributed by atoms with Crippen LogP contribution in [0.3, 0.4) is 0 Å². The molecule has 0 heterocycles. The number of amides is 1. The van der Waals surface area contributed by atoms with Crippen molar-refractivity contribution < 1.29 is 9.53 Å². The Morgan fingerprint density at radius 2 is 1.86 bits per heavy atom. The van der Waals surface area contributed by atoms with E-state index in [1.165, 1.54) is 0 Å². The third-order valence-corrected chi connectivity index (χ3v) is 3.39. The monoisotopic (exact) mass is 318 g/mol. The van der Waals surface area contributed by atoms with E-state index in [9.17, 15) is 4.79 Å². The topological polar surface area (TPSA) is 50.4 Å². The molecular formula is C17H19ClN2O2. The molecule has 2 aromatic carbocycles. The summed E-state index contributed by atoms with van der Waals surface area (Å²) in [6.07, 6.45) is 0. The Hall–Kier alpha value is -2.04. The summed E-state index contributed by atoms with van der Waals surface area (Å²) in [5.41, 5.74) is 1.64. The Balaban J connectivity index is 1.85. The smallest absolute Gasteiger partial charge is 0.238 e. The molecule has 0 aromatic heterocycles. The molecule has 0 aliphatic carbocycles. The van der Waals surface area contributed by atoms with Crippen LogP contribution in [-0.2, 0) is 11.3 Å². The van der Waals surface area contributed by atoms with Gasteiger partial charge in [0.2, 0.25) is 5.91 Å². The van der Waals surface area contributed by atoms with Crippen LogP contribution in [0.4, 0.5) is 5.69 Å². The van der Waals surface area contributed by atoms with Gasteiger partial charge in [-0.2, -0.15) is 0 Å². The average Bonchev–Trinajstić information content (AvgIpc) is 2.51. The number of benzene rings is 2. The Bertz CT molecular complexity index is 632. The second kappa shape index (κ2) is 8.41. The molecule has 0 unspecified atom stereocenters. The molecule has 2 aromatic rings. The lowest BCUT2D eigenvalue weighted by molar-refractivity contribution is -0.115. The highest BCUT2D eigenvalue weighted by molar-refractivity contribution is 6.31. The number of carbonyl (C=O) groups is 1. The molecule has 5 heteroatoms. The van der Waals surface area contributed by atoms with Gasteiger partial charge in [-0.05, 0) is 30.7 Å². The predicted octanol–water partition coefficient (Wildman–Crippen LogP) is 3.47. The van der Waals surface area contributed by atoms with Crippen LogP contribution in [0.5, 0.6) is 5.75 Å². The first-order chi connectivity index (χ1) is 10.7. The molecule has 0 saturated heterocycles. The number of hydrogen-bond donors (Lipinski definition) is 2. The summed E-state index contributed by atoms with van der Waals surface area (Å²) in [5.74, 6) is 0.545. The van der Waals surface area contributed by atoms with Crippen LogP contribution in [0.25, 0.3) is 0 Å². The molecule has 4 nitrogen and oxygen atoms in total. The van der Waals surface area contributed by atoms with Gasteiger partial charge in [-0.3, -0.25) is 4.79 Å². The molecule has 0 aliphatic heterocycles. The first-order valence-electron chi connectivity index (χ1n) is 7.16. The van der Waals surface area contributed by atoms with Crippen LogP contribution < -0.4 is 15.4 Å². The first kappa shape index (κ1) is 16.3. The van der Waals surface area contributed by atoms with Crippen molar-refractivity contribution >= 4 is 23.2 Å². The minimum absolute atomic E-state index is 0.126. The number of halogens is 1. The van der Waals surface area contributed by atoms with Gasteiger partial charge >= 0.3 is 0 Å². The Morgan fingerprint density at radius 3 is 2.64 bits per heavy atom. The van der Waals surface area contributed by atoms with Crippen molar-refractivity contribution in [2.45, 2.75) is 13.5 Å². The maximum absolute atomic E-state index is 12.0. The summed E-state index contributed by atoms with van der Waals surface area (Å²) in [6.45, 7) is 3.20. The van der Waals surface area contributed by atoms with E-state index >= 15 is 0 Å². The van der Waals surface area contributed by atoms with E-state index in [0.717, 1.165) is 5.56 Å². The van der Waals surface area contributed by atoms with Gasteiger partial charge < -0.3 is 15.4 Å². The number of rotatable bonds is 7. The van der Waals surface area contributed by atoms with Gasteiger partial charge in [-0.25, -0.2) is 0 Å². The Labute approximate surface area is 135 Å². The zero-order valence-corrected chi connectivity index (χ0v) is 13.2. The lowest BCUT2D eigenvalue weighted by Crippen LogP contribution is -2.28. The molecule has 0 fully saturated rings. The predicted molar refractivity (Wildman–Crippen MR) is 89.4 cm³/mol. The van der Waals surface area contributed by atoms with Gasteiger partial charge in [0.05, 0.1) is 18.8 Å². The Morgan fingerprint density at radius 1 is 1.14 bits per heavy atom. The van der Waals surface area contributed by atoms with Crippen LogP contribution >= 0.6 is 11.6 Å².